The zero-order chi connectivity index (χ0) is 14.8. The minimum absolute atomic E-state index is 0.0818. The zero-order valence-corrected chi connectivity index (χ0v) is 11.4. The number of hydrogen-bond acceptors (Lipinski definition) is 1. The second-order valence-corrected chi connectivity index (χ2v) is 5.06. The lowest BCUT2D eigenvalue weighted by Gasteiger charge is -2.13. The number of nitrogens with zero attached hydrogens (tertiary/aromatic N) is 1. The van der Waals surface area contributed by atoms with Gasteiger partial charge in [-0.25, -0.2) is 0 Å². The molecule has 0 amide bonds. The van der Waals surface area contributed by atoms with Gasteiger partial charge >= 0.3 is 6.18 Å². The van der Waals surface area contributed by atoms with Crippen molar-refractivity contribution in [3.63, 3.8) is 0 Å². The van der Waals surface area contributed by atoms with Gasteiger partial charge in [-0.15, -0.1) is 0 Å². The smallest absolute Gasteiger partial charge is 0.261 e. The summed E-state index contributed by atoms with van der Waals surface area (Å²) >= 11 is 0. The number of aromatic nitrogens is 1. The van der Waals surface area contributed by atoms with Crippen molar-refractivity contribution in [3.05, 3.63) is 65.0 Å². The molecule has 1 aromatic carbocycles. The molecule has 2 rings (SSSR count). The number of benzene rings is 1. The van der Waals surface area contributed by atoms with E-state index in [0.717, 1.165) is 17.3 Å². The highest BCUT2D eigenvalue weighted by molar-refractivity contribution is 5.28. The maximum atomic E-state index is 12.7. The summed E-state index contributed by atoms with van der Waals surface area (Å²) < 4.78 is 38.0. The van der Waals surface area contributed by atoms with Gasteiger partial charge in [-0.05, 0) is 42.7 Å². The normalized spacial score (nSPS) is 13.2. The molecule has 1 nitrogen and oxygen atoms in total. The van der Waals surface area contributed by atoms with Gasteiger partial charge in [0.15, 0.2) is 0 Å². The highest BCUT2D eigenvalue weighted by Crippen LogP contribution is 2.30. The van der Waals surface area contributed by atoms with Crippen molar-refractivity contribution in [1.29, 1.82) is 0 Å². The fourth-order valence-corrected chi connectivity index (χ4v) is 2.16. The second-order valence-electron chi connectivity index (χ2n) is 5.06. The van der Waals surface area contributed by atoms with Crippen LogP contribution < -0.4 is 0 Å². The molecule has 4 heteroatoms. The Bertz CT molecular complexity index is 590. The average Bonchev–Trinajstić information content (AvgIpc) is 2.38. The Morgan fingerprint density at radius 2 is 1.90 bits per heavy atom. The van der Waals surface area contributed by atoms with Gasteiger partial charge in [-0.2, -0.15) is 13.2 Å². The lowest BCUT2D eigenvalue weighted by molar-refractivity contribution is -0.137. The molecule has 0 saturated carbocycles. The first kappa shape index (κ1) is 14.6. The zero-order valence-electron chi connectivity index (χ0n) is 11.4. The highest BCUT2D eigenvalue weighted by Gasteiger charge is 2.30. The van der Waals surface area contributed by atoms with Crippen LogP contribution in [0.25, 0.3) is 0 Å². The minimum Gasteiger partial charge on any atom is -0.261 e. The number of aryl methyl sites for hydroxylation is 1. The molecule has 0 unspecified atom stereocenters. The van der Waals surface area contributed by atoms with Gasteiger partial charge in [-0.1, -0.05) is 25.1 Å². The van der Waals surface area contributed by atoms with Crippen molar-refractivity contribution < 1.29 is 13.2 Å². The third-order valence-corrected chi connectivity index (χ3v) is 3.24. The number of rotatable bonds is 3. The summed E-state index contributed by atoms with van der Waals surface area (Å²) in [6.07, 6.45) is -2.02. The lowest BCUT2D eigenvalue weighted by atomic mass is 9.96. The topological polar surface area (TPSA) is 12.9 Å². The summed E-state index contributed by atoms with van der Waals surface area (Å²) in [6, 6.07) is 9.36. The van der Waals surface area contributed by atoms with Crippen LogP contribution in [0.5, 0.6) is 0 Å². The van der Waals surface area contributed by atoms with E-state index in [1.165, 1.54) is 12.1 Å². The fraction of sp³-hybridized carbons (Fsp3) is 0.312. The van der Waals surface area contributed by atoms with Crippen LogP contribution in [-0.2, 0) is 12.6 Å². The molecule has 0 aliphatic rings. The summed E-state index contributed by atoms with van der Waals surface area (Å²) in [5.41, 5.74) is 2.09. The van der Waals surface area contributed by atoms with Gasteiger partial charge in [0.2, 0.25) is 0 Å². The van der Waals surface area contributed by atoms with Crippen molar-refractivity contribution in [2.75, 3.05) is 0 Å². The Kier molecular flexibility index (Phi) is 4.12. The summed E-state index contributed by atoms with van der Waals surface area (Å²) in [5.74, 6) is 0.0818. The Morgan fingerprint density at radius 3 is 2.55 bits per heavy atom. The molecule has 0 saturated heterocycles. The predicted molar refractivity (Wildman–Crippen MR) is 72.5 cm³/mol. The van der Waals surface area contributed by atoms with Gasteiger partial charge in [0.1, 0.15) is 0 Å². The summed E-state index contributed by atoms with van der Waals surface area (Å²) in [4.78, 5) is 4.28. The maximum absolute atomic E-state index is 12.7. The molecule has 2 aromatic rings. The van der Waals surface area contributed by atoms with Gasteiger partial charge in [0.05, 0.1) is 5.56 Å². The molecule has 1 atom stereocenters. The number of alkyl halides is 3. The molecule has 0 radical (unpaired) electrons. The van der Waals surface area contributed by atoms with Crippen LogP contribution in [0.4, 0.5) is 13.2 Å². The van der Waals surface area contributed by atoms with Gasteiger partial charge in [0, 0.05) is 17.8 Å². The molecule has 0 bridgehead atoms. The largest absolute Gasteiger partial charge is 0.416 e. The van der Waals surface area contributed by atoms with Crippen LogP contribution in [0.3, 0.4) is 0 Å². The standard InChI is InChI=1S/C16H16F3N/c1-11-6-7-20-15(8-11)12(2)9-13-4-3-5-14(10-13)16(17,18)19/h3-8,10,12H,9H2,1-2H3/t12-/m0/s1. The van der Waals surface area contributed by atoms with E-state index in [1.54, 1.807) is 12.3 Å². The monoisotopic (exact) mass is 279 g/mol. The van der Waals surface area contributed by atoms with E-state index in [0.29, 0.717) is 12.0 Å². The van der Waals surface area contributed by atoms with Crippen LogP contribution in [0.1, 0.15) is 35.2 Å². The summed E-state index contributed by atoms with van der Waals surface area (Å²) in [6.45, 7) is 3.95. The van der Waals surface area contributed by atoms with Gasteiger partial charge in [-0.3, -0.25) is 4.98 Å². The molecular weight excluding hydrogens is 263 g/mol. The Balaban J connectivity index is 2.18. The van der Waals surface area contributed by atoms with E-state index in [1.807, 2.05) is 26.0 Å². The van der Waals surface area contributed by atoms with E-state index in [-0.39, 0.29) is 5.92 Å². The third-order valence-electron chi connectivity index (χ3n) is 3.24. The van der Waals surface area contributed by atoms with E-state index >= 15 is 0 Å². The van der Waals surface area contributed by atoms with Crippen LogP contribution in [0.15, 0.2) is 42.6 Å². The van der Waals surface area contributed by atoms with Crippen molar-refractivity contribution in [2.24, 2.45) is 0 Å². The Hall–Kier alpha value is -1.84. The van der Waals surface area contributed by atoms with Crippen molar-refractivity contribution in [2.45, 2.75) is 32.4 Å². The first-order valence-corrected chi connectivity index (χ1v) is 6.45. The molecule has 1 aromatic heterocycles. The SMILES string of the molecule is Cc1ccnc([C@@H](C)Cc2cccc(C(F)(F)F)c2)c1. The highest BCUT2D eigenvalue weighted by atomic mass is 19.4. The number of halogens is 3. The maximum Gasteiger partial charge on any atom is 0.416 e. The van der Waals surface area contributed by atoms with Crippen molar-refractivity contribution in [3.8, 4) is 0 Å². The van der Waals surface area contributed by atoms with Crippen LogP contribution >= 0.6 is 0 Å². The molecule has 0 N–H and O–H groups in total. The molecule has 0 spiro atoms. The predicted octanol–water partition coefficient (Wildman–Crippen LogP) is 4.76. The molecule has 0 fully saturated rings. The van der Waals surface area contributed by atoms with Crippen LogP contribution in [0.2, 0.25) is 0 Å². The first-order valence-electron chi connectivity index (χ1n) is 6.45. The van der Waals surface area contributed by atoms with Crippen LogP contribution in [-0.4, -0.2) is 4.98 Å². The quantitative estimate of drug-likeness (QED) is 0.789. The van der Waals surface area contributed by atoms with Gasteiger partial charge < -0.3 is 0 Å². The summed E-state index contributed by atoms with van der Waals surface area (Å²) in [7, 11) is 0. The summed E-state index contributed by atoms with van der Waals surface area (Å²) in [5, 5.41) is 0. The first-order chi connectivity index (χ1) is 9.36. The number of pyridine rings is 1. The molecule has 1 heterocycles. The van der Waals surface area contributed by atoms with E-state index < -0.39 is 11.7 Å². The second kappa shape index (κ2) is 5.65. The molecule has 20 heavy (non-hydrogen) atoms. The van der Waals surface area contributed by atoms with Crippen LogP contribution in [0, 0.1) is 6.92 Å². The Labute approximate surface area is 116 Å². The molecule has 106 valence electrons. The van der Waals surface area contributed by atoms with E-state index in [2.05, 4.69) is 4.98 Å². The van der Waals surface area contributed by atoms with Crippen molar-refractivity contribution >= 4 is 0 Å². The molecular formula is C16H16F3N. The van der Waals surface area contributed by atoms with E-state index in [9.17, 15) is 13.2 Å². The third kappa shape index (κ3) is 3.59. The molecule has 0 aliphatic carbocycles. The average molecular weight is 279 g/mol. The lowest BCUT2D eigenvalue weighted by Crippen LogP contribution is -2.07. The van der Waals surface area contributed by atoms with Crippen molar-refractivity contribution in [1.82, 2.24) is 4.98 Å². The molecule has 0 aliphatic heterocycles. The number of hydrogen-bond donors (Lipinski definition) is 0. The van der Waals surface area contributed by atoms with Gasteiger partial charge in [0.25, 0.3) is 0 Å². The Morgan fingerprint density at radius 1 is 1.15 bits per heavy atom. The fourth-order valence-electron chi connectivity index (χ4n) is 2.16. The van der Waals surface area contributed by atoms with E-state index in [4.69, 9.17) is 0 Å². The minimum atomic E-state index is -4.29.